The Labute approximate surface area is 164 Å². The van der Waals surface area contributed by atoms with E-state index in [1.807, 2.05) is 0 Å². The van der Waals surface area contributed by atoms with Gasteiger partial charge in [0.2, 0.25) is 0 Å². The van der Waals surface area contributed by atoms with E-state index in [4.69, 9.17) is 4.74 Å². The largest absolute Gasteiger partial charge is 0.490 e. The van der Waals surface area contributed by atoms with E-state index < -0.39 is 12.3 Å². The van der Waals surface area contributed by atoms with Crippen LogP contribution in [0.2, 0.25) is 0 Å². The van der Waals surface area contributed by atoms with E-state index in [2.05, 4.69) is 4.90 Å². The number of benzene rings is 1. The molecular weight excluding hydrogens is 364 g/mol. The Balaban J connectivity index is 1.29. The number of rotatable bonds is 6. The first kappa shape index (κ1) is 19.6. The highest BCUT2D eigenvalue weighted by Crippen LogP contribution is 2.40. The van der Waals surface area contributed by atoms with Crippen LogP contribution in [-0.2, 0) is 0 Å². The van der Waals surface area contributed by atoms with E-state index in [9.17, 15) is 19.0 Å². The summed E-state index contributed by atoms with van der Waals surface area (Å²) in [6, 6.07) is 6.17. The number of fused-ring (bicyclic) bond motifs is 1. The Morgan fingerprint density at radius 1 is 1.14 bits per heavy atom. The molecule has 2 N–H and O–H groups in total. The van der Waals surface area contributed by atoms with Gasteiger partial charge in [0.1, 0.15) is 23.8 Å². The van der Waals surface area contributed by atoms with Crippen LogP contribution in [-0.4, -0.2) is 59.7 Å². The third-order valence-corrected chi connectivity index (χ3v) is 6.23. The second-order valence-corrected chi connectivity index (χ2v) is 8.24. The molecular formula is C22H27F2NO3. The van der Waals surface area contributed by atoms with Crippen LogP contribution in [0.25, 0.3) is 0 Å². The molecule has 4 rings (SSSR count). The number of ether oxygens (including phenoxy) is 1. The molecule has 1 saturated carbocycles. The lowest BCUT2D eigenvalue weighted by Gasteiger charge is -2.27. The van der Waals surface area contributed by atoms with Crippen LogP contribution in [0.3, 0.4) is 0 Å². The van der Waals surface area contributed by atoms with Crippen LogP contribution < -0.4 is 4.74 Å². The summed E-state index contributed by atoms with van der Waals surface area (Å²) < 4.78 is 32.8. The highest BCUT2D eigenvalue weighted by Gasteiger charge is 2.42. The van der Waals surface area contributed by atoms with Gasteiger partial charge in [-0.25, -0.2) is 8.78 Å². The first-order valence-electron chi connectivity index (χ1n) is 9.99. The number of nitrogens with zero attached hydrogens (tertiary/aromatic N) is 1. The van der Waals surface area contributed by atoms with E-state index in [1.165, 1.54) is 24.3 Å². The lowest BCUT2D eigenvalue weighted by atomic mass is 9.92. The molecule has 4 nitrogen and oxygen atoms in total. The van der Waals surface area contributed by atoms with Gasteiger partial charge in [0.15, 0.2) is 0 Å². The molecule has 6 heteroatoms. The van der Waals surface area contributed by atoms with Crippen molar-refractivity contribution in [1.29, 1.82) is 0 Å². The summed E-state index contributed by atoms with van der Waals surface area (Å²) in [4.78, 5) is 2.34. The number of aliphatic hydroxyl groups excluding tert-OH is 2. The van der Waals surface area contributed by atoms with Crippen LogP contribution in [0.15, 0.2) is 48.1 Å². The predicted molar refractivity (Wildman–Crippen MR) is 102 cm³/mol. The van der Waals surface area contributed by atoms with Gasteiger partial charge in [0.05, 0.1) is 12.7 Å². The van der Waals surface area contributed by atoms with Gasteiger partial charge < -0.3 is 19.8 Å². The van der Waals surface area contributed by atoms with Crippen LogP contribution in [0.4, 0.5) is 8.78 Å². The van der Waals surface area contributed by atoms with Crippen LogP contribution in [0, 0.1) is 23.6 Å². The Hall–Kier alpha value is -1.76. The highest BCUT2D eigenvalue weighted by atomic mass is 19.1. The van der Waals surface area contributed by atoms with Gasteiger partial charge in [-0.15, -0.1) is 0 Å². The molecule has 0 amide bonds. The quantitative estimate of drug-likeness (QED) is 0.783. The summed E-state index contributed by atoms with van der Waals surface area (Å²) in [7, 11) is 0. The average Bonchev–Trinajstić information content (AvgIpc) is 3.22. The van der Waals surface area contributed by atoms with Crippen molar-refractivity contribution in [1.82, 2.24) is 4.90 Å². The van der Waals surface area contributed by atoms with Gasteiger partial charge in [-0.05, 0) is 60.6 Å². The van der Waals surface area contributed by atoms with E-state index in [0.717, 1.165) is 31.5 Å². The maximum Gasteiger partial charge on any atom is 0.148 e. The Morgan fingerprint density at radius 3 is 2.43 bits per heavy atom. The molecule has 1 aliphatic heterocycles. The van der Waals surface area contributed by atoms with Gasteiger partial charge in [-0.3, -0.25) is 0 Å². The van der Waals surface area contributed by atoms with Crippen molar-refractivity contribution in [3.05, 3.63) is 53.9 Å². The van der Waals surface area contributed by atoms with E-state index >= 15 is 0 Å². The molecule has 0 bridgehead atoms. The lowest BCUT2D eigenvalue weighted by molar-refractivity contribution is 0.138. The summed E-state index contributed by atoms with van der Waals surface area (Å²) >= 11 is 0. The summed E-state index contributed by atoms with van der Waals surface area (Å²) in [6.07, 6.45) is 4.23. The summed E-state index contributed by atoms with van der Waals surface area (Å²) in [5.41, 5.74) is 0.759. The van der Waals surface area contributed by atoms with Gasteiger partial charge in [0, 0.05) is 25.6 Å². The second-order valence-electron chi connectivity index (χ2n) is 8.24. The predicted octanol–water partition coefficient (Wildman–Crippen LogP) is 2.72. The van der Waals surface area contributed by atoms with Crippen LogP contribution in [0.1, 0.15) is 12.8 Å². The van der Waals surface area contributed by atoms with E-state index in [0.29, 0.717) is 24.1 Å². The minimum Gasteiger partial charge on any atom is -0.490 e. The fourth-order valence-electron chi connectivity index (χ4n) is 4.80. The zero-order chi connectivity index (χ0) is 19.7. The third-order valence-electron chi connectivity index (χ3n) is 6.23. The maximum absolute atomic E-state index is 13.8. The van der Waals surface area contributed by atoms with Gasteiger partial charge in [0.25, 0.3) is 0 Å². The zero-order valence-corrected chi connectivity index (χ0v) is 15.8. The van der Waals surface area contributed by atoms with Crippen molar-refractivity contribution in [2.24, 2.45) is 17.8 Å². The molecule has 1 heterocycles. The lowest BCUT2D eigenvalue weighted by Crippen LogP contribution is -2.33. The molecule has 2 fully saturated rings. The Kier molecular flexibility index (Phi) is 5.80. The van der Waals surface area contributed by atoms with E-state index in [-0.39, 0.29) is 24.4 Å². The topological polar surface area (TPSA) is 52.9 Å². The van der Waals surface area contributed by atoms with Gasteiger partial charge >= 0.3 is 0 Å². The van der Waals surface area contributed by atoms with Crippen LogP contribution >= 0.6 is 0 Å². The average molecular weight is 391 g/mol. The number of aliphatic hydroxyl groups is 2. The number of allylic oxidation sites excluding steroid dienone is 1. The van der Waals surface area contributed by atoms with Gasteiger partial charge in [-0.1, -0.05) is 12.2 Å². The van der Waals surface area contributed by atoms with E-state index in [1.54, 1.807) is 18.2 Å². The van der Waals surface area contributed by atoms with Crippen molar-refractivity contribution in [2.75, 3.05) is 26.2 Å². The minimum atomic E-state index is -1.41. The number of alkyl halides is 1. The van der Waals surface area contributed by atoms with Crippen LogP contribution in [0.5, 0.6) is 5.75 Å². The monoisotopic (exact) mass is 391 g/mol. The van der Waals surface area contributed by atoms with Crippen molar-refractivity contribution in [3.63, 3.8) is 0 Å². The first-order valence-corrected chi connectivity index (χ1v) is 9.99. The first-order chi connectivity index (χ1) is 13.5. The summed E-state index contributed by atoms with van der Waals surface area (Å²) in [6.45, 7) is 2.54. The summed E-state index contributed by atoms with van der Waals surface area (Å²) in [5.74, 6) is 1.41. The molecule has 1 aromatic rings. The third kappa shape index (κ3) is 4.29. The van der Waals surface area contributed by atoms with Crippen molar-refractivity contribution in [3.8, 4) is 5.75 Å². The molecule has 3 aliphatic rings. The molecule has 6 atom stereocenters. The molecule has 2 aliphatic carbocycles. The molecule has 0 radical (unpaired) electrons. The molecule has 28 heavy (non-hydrogen) atoms. The minimum absolute atomic E-state index is 0.0406. The standard InChI is InChI=1S/C22H27F2NO3/c23-18-2-4-19(5-3-18)28-20-7-15-10-25(11-16(15)8-20)12-17(13-26)14-1-6-22(27)21(24)9-14/h1-6,9,15-17,20-22,26-27H,7-8,10-13H2/t15-,16?,17?,20?,21?,22?/m0/s1. The molecule has 0 spiro atoms. The SMILES string of the molecule is OCC(CN1CC2CC(Oc3ccc(F)cc3)C[C@H]2C1)C1=CC(F)C(O)C=C1. The number of halogens is 2. The molecule has 1 aromatic carbocycles. The summed E-state index contributed by atoms with van der Waals surface area (Å²) in [5, 5.41) is 19.3. The zero-order valence-electron chi connectivity index (χ0n) is 15.8. The second kappa shape index (κ2) is 8.31. The number of likely N-dealkylation sites (tertiary alicyclic amines) is 1. The van der Waals surface area contributed by atoms with Gasteiger partial charge in [-0.2, -0.15) is 0 Å². The van der Waals surface area contributed by atoms with Crippen molar-refractivity contribution < 1.29 is 23.7 Å². The van der Waals surface area contributed by atoms with Crippen molar-refractivity contribution in [2.45, 2.75) is 31.2 Å². The fraction of sp³-hybridized carbons (Fsp3) is 0.545. The smallest absolute Gasteiger partial charge is 0.148 e. The Morgan fingerprint density at radius 2 is 1.82 bits per heavy atom. The maximum atomic E-state index is 13.8. The normalized spacial score (nSPS) is 33.6. The molecule has 152 valence electrons. The number of hydrogen-bond donors (Lipinski definition) is 2. The number of hydrogen-bond acceptors (Lipinski definition) is 4. The fourth-order valence-corrected chi connectivity index (χ4v) is 4.80. The highest BCUT2D eigenvalue weighted by molar-refractivity contribution is 5.30. The molecule has 5 unspecified atom stereocenters. The molecule has 1 saturated heterocycles. The Bertz CT molecular complexity index is 722. The molecule has 0 aromatic heterocycles. The van der Waals surface area contributed by atoms with Crippen molar-refractivity contribution >= 4 is 0 Å².